The lowest BCUT2D eigenvalue weighted by Gasteiger charge is -2.32. The van der Waals surface area contributed by atoms with Gasteiger partial charge in [0.05, 0.1) is 5.69 Å². The van der Waals surface area contributed by atoms with Gasteiger partial charge >= 0.3 is 0 Å². The second-order valence-electron chi connectivity index (χ2n) is 7.25. The highest BCUT2D eigenvalue weighted by Crippen LogP contribution is 2.34. The van der Waals surface area contributed by atoms with Crippen molar-refractivity contribution >= 4 is 5.96 Å². The molecule has 1 unspecified atom stereocenters. The predicted octanol–water partition coefficient (Wildman–Crippen LogP) is 2.89. The minimum absolute atomic E-state index is 0.422. The summed E-state index contributed by atoms with van der Waals surface area (Å²) >= 11 is 0. The normalized spacial score (nSPS) is 16.6. The average molecular weight is 339 g/mol. The summed E-state index contributed by atoms with van der Waals surface area (Å²) in [5.41, 5.74) is 5.38. The van der Waals surface area contributed by atoms with E-state index in [1.165, 1.54) is 16.7 Å². The van der Waals surface area contributed by atoms with E-state index in [0.717, 1.165) is 31.2 Å². The van der Waals surface area contributed by atoms with Crippen molar-refractivity contribution in [3.8, 4) is 0 Å². The first-order chi connectivity index (χ1) is 12.0. The SMILES string of the molecule is CN=C(NCC1Cc2ccccc21)N(C)Cc1cn(C)nc1C(C)C. The van der Waals surface area contributed by atoms with Crippen LogP contribution in [0.25, 0.3) is 0 Å². The highest BCUT2D eigenvalue weighted by Gasteiger charge is 2.25. The van der Waals surface area contributed by atoms with Gasteiger partial charge < -0.3 is 10.2 Å². The molecule has 25 heavy (non-hydrogen) atoms. The van der Waals surface area contributed by atoms with E-state index in [1.807, 2.05) is 18.8 Å². The molecule has 3 rings (SSSR count). The Morgan fingerprint density at radius 2 is 2.16 bits per heavy atom. The Balaban J connectivity index is 1.60. The highest BCUT2D eigenvalue weighted by molar-refractivity contribution is 5.79. The summed E-state index contributed by atoms with van der Waals surface area (Å²) in [6.45, 7) is 6.11. The summed E-state index contributed by atoms with van der Waals surface area (Å²) in [5.74, 6) is 1.94. The maximum absolute atomic E-state index is 4.60. The summed E-state index contributed by atoms with van der Waals surface area (Å²) < 4.78 is 1.90. The zero-order valence-electron chi connectivity index (χ0n) is 16.0. The quantitative estimate of drug-likeness (QED) is 0.673. The van der Waals surface area contributed by atoms with Crippen LogP contribution in [0.5, 0.6) is 0 Å². The van der Waals surface area contributed by atoms with Gasteiger partial charge in [0.25, 0.3) is 0 Å². The maximum Gasteiger partial charge on any atom is 0.193 e. The number of nitrogens with one attached hydrogen (secondary N) is 1. The van der Waals surface area contributed by atoms with Crippen LogP contribution in [0.1, 0.15) is 48.1 Å². The van der Waals surface area contributed by atoms with E-state index in [9.17, 15) is 0 Å². The van der Waals surface area contributed by atoms with Gasteiger partial charge in [-0.1, -0.05) is 38.1 Å². The molecule has 0 aliphatic heterocycles. The first-order valence-corrected chi connectivity index (χ1v) is 9.01. The Morgan fingerprint density at radius 3 is 2.84 bits per heavy atom. The van der Waals surface area contributed by atoms with E-state index in [1.54, 1.807) is 0 Å². The van der Waals surface area contributed by atoms with Crippen molar-refractivity contribution in [2.45, 2.75) is 38.6 Å². The molecular formula is C20H29N5. The first kappa shape index (κ1) is 17.5. The lowest BCUT2D eigenvalue weighted by Crippen LogP contribution is -2.42. The van der Waals surface area contributed by atoms with Gasteiger partial charge in [-0.15, -0.1) is 0 Å². The molecule has 1 N–H and O–H groups in total. The zero-order chi connectivity index (χ0) is 18.0. The van der Waals surface area contributed by atoms with Crippen LogP contribution in [-0.2, 0) is 20.0 Å². The number of guanidine groups is 1. The molecule has 1 aromatic carbocycles. The highest BCUT2D eigenvalue weighted by atomic mass is 15.3. The van der Waals surface area contributed by atoms with Crippen molar-refractivity contribution in [3.05, 3.63) is 52.8 Å². The number of benzene rings is 1. The molecular weight excluding hydrogens is 310 g/mol. The van der Waals surface area contributed by atoms with Crippen molar-refractivity contribution in [1.29, 1.82) is 0 Å². The summed E-state index contributed by atoms with van der Waals surface area (Å²) in [5, 5.41) is 8.14. The van der Waals surface area contributed by atoms with Gasteiger partial charge in [-0.05, 0) is 23.5 Å². The van der Waals surface area contributed by atoms with Crippen molar-refractivity contribution in [3.63, 3.8) is 0 Å². The number of aliphatic imine (C=N–C) groups is 1. The number of fused-ring (bicyclic) bond motifs is 1. The molecule has 1 aliphatic carbocycles. The van der Waals surface area contributed by atoms with Crippen LogP contribution in [0.2, 0.25) is 0 Å². The fourth-order valence-corrected chi connectivity index (χ4v) is 3.64. The van der Waals surface area contributed by atoms with Crippen LogP contribution in [0, 0.1) is 0 Å². The van der Waals surface area contributed by atoms with Crippen molar-refractivity contribution in [2.75, 3.05) is 20.6 Å². The molecule has 0 saturated carbocycles. The van der Waals surface area contributed by atoms with Gasteiger partial charge in [-0.3, -0.25) is 9.67 Å². The summed E-state index contributed by atoms with van der Waals surface area (Å²) in [6.07, 6.45) is 3.27. The smallest absolute Gasteiger partial charge is 0.193 e. The fraction of sp³-hybridized carbons (Fsp3) is 0.500. The van der Waals surface area contributed by atoms with Gasteiger partial charge in [-0.2, -0.15) is 5.10 Å². The van der Waals surface area contributed by atoms with Crippen LogP contribution >= 0.6 is 0 Å². The molecule has 0 saturated heterocycles. The molecule has 134 valence electrons. The van der Waals surface area contributed by atoms with Gasteiger partial charge in [0.15, 0.2) is 5.96 Å². The lowest BCUT2D eigenvalue weighted by atomic mass is 9.78. The van der Waals surface area contributed by atoms with Crippen LogP contribution in [0.15, 0.2) is 35.5 Å². The molecule has 1 atom stereocenters. The van der Waals surface area contributed by atoms with Crippen LogP contribution < -0.4 is 5.32 Å². The fourth-order valence-electron chi connectivity index (χ4n) is 3.64. The Hall–Kier alpha value is -2.30. The molecule has 1 aliphatic rings. The Morgan fingerprint density at radius 1 is 1.40 bits per heavy atom. The molecule has 0 radical (unpaired) electrons. The molecule has 0 spiro atoms. The molecule has 1 heterocycles. The molecule has 2 aromatic rings. The van der Waals surface area contributed by atoms with Crippen molar-refractivity contribution in [1.82, 2.24) is 20.0 Å². The first-order valence-electron chi connectivity index (χ1n) is 9.01. The summed E-state index contributed by atoms with van der Waals surface area (Å²) in [7, 11) is 5.91. The Kier molecular flexibility index (Phi) is 5.11. The Labute approximate surface area is 150 Å². The van der Waals surface area contributed by atoms with Crippen molar-refractivity contribution in [2.24, 2.45) is 12.0 Å². The number of aryl methyl sites for hydroxylation is 1. The molecule has 1 aromatic heterocycles. The third-order valence-corrected chi connectivity index (χ3v) is 4.93. The number of hydrogen-bond acceptors (Lipinski definition) is 2. The summed E-state index contributed by atoms with van der Waals surface area (Å²) in [4.78, 5) is 6.63. The lowest BCUT2D eigenvalue weighted by molar-refractivity contribution is 0.464. The maximum atomic E-state index is 4.60. The predicted molar refractivity (Wildman–Crippen MR) is 103 cm³/mol. The topological polar surface area (TPSA) is 45.5 Å². The number of hydrogen-bond donors (Lipinski definition) is 1. The minimum Gasteiger partial charge on any atom is -0.356 e. The van der Waals surface area contributed by atoms with E-state index >= 15 is 0 Å². The van der Waals surface area contributed by atoms with E-state index in [2.05, 4.69) is 71.7 Å². The second kappa shape index (κ2) is 7.30. The Bertz CT molecular complexity index is 759. The second-order valence-corrected chi connectivity index (χ2v) is 7.25. The molecule has 5 heteroatoms. The van der Waals surface area contributed by atoms with E-state index in [-0.39, 0.29) is 0 Å². The van der Waals surface area contributed by atoms with E-state index < -0.39 is 0 Å². The molecule has 0 bridgehead atoms. The minimum atomic E-state index is 0.422. The van der Waals surface area contributed by atoms with Gasteiger partial charge in [-0.25, -0.2) is 0 Å². The van der Waals surface area contributed by atoms with Gasteiger partial charge in [0.2, 0.25) is 0 Å². The molecule has 0 fully saturated rings. The van der Waals surface area contributed by atoms with E-state index in [4.69, 9.17) is 0 Å². The number of rotatable bonds is 5. The van der Waals surface area contributed by atoms with Crippen LogP contribution in [0.3, 0.4) is 0 Å². The average Bonchev–Trinajstić information content (AvgIpc) is 2.92. The number of aromatic nitrogens is 2. The number of nitrogens with zero attached hydrogens (tertiary/aromatic N) is 4. The van der Waals surface area contributed by atoms with E-state index in [0.29, 0.717) is 11.8 Å². The van der Waals surface area contributed by atoms with Crippen molar-refractivity contribution < 1.29 is 0 Å². The largest absolute Gasteiger partial charge is 0.356 e. The van der Waals surface area contributed by atoms with Crippen LogP contribution in [-0.4, -0.2) is 41.3 Å². The standard InChI is InChI=1S/C20H29N5/c1-14(2)19-17(13-25(5)23-19)12-24(4)20(21-3)22-11-16-10-15-8-6-7-9-18(15)16/h6-9,13-14,16H,10-12H2,1-5H3,(H,21,22). The molecule has 5 nitrogen and oxygen atoms in total. The third-order valence-electron chi connectivity index (χ3n) is 4.93. The van der Waals surface area contributed by atoms with Crippen LogP contribution in [0.4, 0.5) is 0 Å². The third kappa shape index (κ3) is 3.70. The molecule has 0 amide bonds. The zero-order valence-corrected chi connectivity index (χ0v) is 16.0. The summed E-state index contributed by atoms with van der Waals surface area (Å²) in [6, 6.07) is 8.71. The monoisotopic (exact) mass is 339 g/mol. The van der Waals surface area contributed by atoms with Gasteiger partial charge in [0.1, 0.15) is 0 Å². The van der Waals surface area contributed by atoms with Gasteiger partial charge in [0, 0.05) is 51.9 Å².